The van der Waals surface area contributed by atoms with Crippen molar-refractivity contribution >= 4 is 10.1 Å². The maximum Gasteiger partial charge on any atom is 0.0948 e. The quantitative estimate of drug-likeness (QED) is 0.416. The molecule has 0 aromatic rings. The Kier molecular flexibility index (Phi) is 6.09. The Balaban J connectivity index is 0.000000262. The van der Waals surface area contributed by atoms with Crippen LogP contribution in [0.25, 0.3) is 0 Å². The third-order valence-corrected chi connectivity index (χ3v) is 3.08. The van der Waals surface area contributed by atoms with Crippen molar-refractivity contribution in [3.8, 4) is 0 Å². The molecular weight excluding hydrogens is 214 g/mol. The van der Waals surface area contributed by atoms with Crippen LogP contribution < -0.4 is 0 Å². The molecule has 0 atom stereocenters. The molecule has 90 valence electrons. The number of allylic oxidation sites excluding steroid dienone is 1. The Labute approximate surface area is 92.9 Å². The molecule has 15 heavy (non-hydrogen) atoms. The Hall–Kier alpha value is -0.390. The van der Waals surface area contributed by atoms with E-state index in [1.807, 2.05) is 0 Å². The predicted octanol–water partition coefficient (Wildman–Crippen LogP) is 0.964. The lowest BCUT2D eigenvalue weighted by molar-refractivity contribution is -0.877. The van der Waals surface area contributed by atoms with Gasteiger partial charge in [-0.2, -0.15) is 0 Å². The fraction of sp³-hybridized carbons (Fsp3) is 0.800. The number of hydrogen-bond donors (Lipinski definition) is 0. The van der Waals surface area contributed by atoms with Crippen LogP contribution in [-0.4, -0.2) is 50.4 Å². The van der Waals surface area contributed by atoms with Gasteiger partial charge in [-0.15, -0.1) is 6.58 Å². The number of hydrogen-bond acceptors (Lipinski definition) is 3. The van der Waals surface area contributed by atoms with Crippen LogP contribution in [-0.2, 0) is 10.1 Å². The topological polar surface area (TPSA) is 57.2 Å². The fourth-order valence-corrected chi connectivity index (χ4v) is 1.87. The van der Waals surface area contributed by atoms with Crippen molar-refractivity contribution in [2.24, 2.45) is 0 Å². The van der Waals surface area contributed by atoms with E-state index in [-0.39, 0.29) is 12.2 Å². The molecule has 0 aliphatic carbocycles. The number of likely N-dealkylation sites (tertiary alicyclic amines) is 1. The van der Waals surface area contributed by atoms with Gasteiger partial charge in [-0.05, 0) is 6.42 Å². The van der Waals surface area contributed by atoms with Gasteiger partial charge in [0.25, 0.3) is 0 Å². The minimum absolute atomic E-state index is 0.242. The van der Waals surface area contributed by atoms with E-state index >= 15 is 0 Å². The van der Waals surface area contributed by atoms with Gasteiger partial charge in [0.15, 0.2) is 0 Å². The lowest BCUT2D eigenvalue weighted by atomic mass is 10.4. The van der Waals surface area contributed by atoms with Crippen LogP contribution in [0.4, 0.5) is 0 Å². The summed E-state index contributed by atoms with van der Waals surface area (Å²) in [5.41, 5.74) is 0. The maximum atomic E-state index is 9.79. The molecular formula is C10H21NO3S. The number of quaternary nitrogens is 1. The molecule has 0 aromatic heterocycles. The second kappa shape index (κ2) is 6.25. The molecule has 1 aliphatic heterocycles. The standard InChI is InChI=1S/C6H14N.C4H8O3S/c1-7(2)5-3-4-6-7;1-2-3-4-8(5,6)7/h3-6H2,1-2H3;2H,1,3-4H2,(H,5,6,7)/q+1;/p-1. The highest BCUT2D eigenvalue weighted by molar-refractivity contribution is 7.85. The van der Waals surface area contributed by atoms with Crippen LogP contribution in [0.1, 0.15) is 19.3 Å². The molecule has 0 amide bonds. The summed E-state index contributed by atoms with van der Waals surface area (Å²) in [4.78, 5) is 0. The SMILES string of the molecule is C=CCCS(=O)(=O)[O-].C[N+]1(C)CCCC1. The molecule has 0 saturated carbocycles. The first-order valence-electron chi connectivity index (χ1n) is 5.13. The van der Waals surface area contributed by atoms with Gasteiger partial charge in [-0.1, -0.05) is 6.08 Å². The van der Waals surface area contributed by atoms with Crippen LogP contribution in [0.5, 0.6) is 0 Å². The lowest BCUT2D eigenvalue weighted by Crippen LogP contribution is -2.35. The molecule has 1 saturated heterocycles. The molecule has 0 spiro atoms. The molecule has 0 radical (unpaired) electrons. The minimum atomic E-state index is -4.01. The average molecular weight is 235 g/mol. The molecule has 0 aromatic carbocycles. The van der Waals surface area contributed by atoms with Gasteiger partial charge in [-0.3, -0.25) is 0 Å². The summed E-state index contributed by atoms with van der Waals surface area (Å²) in [6, 6.07) is 0. The summed E-state index contributed by atoms with van der Waals surface area (Å²) in [7, 11) is 0.590. The predicted molar refractivity (Wildman–Crippen MR) is 60.5 cm³/mol. The third-order valence-electron chi connectivity index (χ3n) is 2.35. The van der Waals surface area contributed by atoms with Crippen LogP contribution in [0.3, 0.4) is 0 Å². The normalized spacial score (nSPS) is 19.1. The second-order valence-electron chi connectivity index (χ2n) is 4.43. The molecule has 1 rings (SSSR count). The van der Waals surface area contributed by atoms with E-state index in [2.05, 4.69) is 20.7 Å². The maximum absolute atomic E-state index is 9.79. The average Bonchev–Trinajstić information content (AvgIpc) is 2.46. The zero-order chi connectivity index (χ0) is 11.9. The van der Waals surface area contributed by atoms with E-state index in [0.29, 0.717) is 0 Å². The van der Waals surface area contributed by atoms with E-state index in [1.54, 1.807) is 0 Å². The zero-order valence-electron chi connectivity index (χ0n) is 9.61. The van der Waals surface area contributed by atoms with E-state index < -0.39 is 10.1 Å². The molecule has 0 bridgehead atoms. The fourth-order valence-electron chi connectivity index (χ4n) is 1.42. The highest BCUT2D eigenvalue weighted by atomic mass is 32.2. The first-order valence-corrected chi connectivity index (χ1v) is 6.71. The first kappa shape index (κ1) is 14.6. The van der Waals surface area contributed by atoms with Crippen molar-refractivity contribution in [2.75, 3.05) is 32.9 Å². The summed E-state index contributed by atoms with van der Waals surface area (Å²) >= 11 is 0. The minimum Gasteiger partial charge on any atom is -0.748 e. The van der Waals surface area contributed by atoms with Gasteiger partial charge in [0, 0.05) is 18.6 Å². The first-order chi connectivity index (χ1) is 6.77. The van der Waals surface area contributed by atoms with Crippen LogP contribution >= 0.6 is 0 Å². The molecule has 1 aliphatic rings. The lowest BCUT2D eigenvalue weighted by Gasteiger charge is -2.21. The van der Waals surface area contributed by atoms with Crippen LogP contribution in [0.15, 0.2) is 12.7 Å². The van der Waals surface area contributed by atoms with E-state index in [9.17, 15) is 13.0 Å². The van der Waals surface area contributed by atoms with Gasteiger partial charge in [-0.25, -0.2) is 8.42 Å². The monoisotopic (exact) mass is 235 g/mol. The van der Waals surface area contributed by atoms with Crippen LogP contribution in [0.2, 0.25) is 0 Å². The Bertz CT molecular complexity index is 275. The van der Waals surface area contributed by atoms with Gasteiger partial charge in [0.2, 0.25) is 0 Å². The molecule has 1 heterocycles. The van der Waals surface area contributed by atoms with E-state index in [4.69, 9.17) is 0 Å². The van der Waals surface area contributed by atoms with Gasteiger partial charge in [0.05, 0.1) is 37.3 Å². The van der Waals surface area contributed by atoms with E-state index in [0.717, 1.165) is 0 Å². The zero-order valence-corrected chi connectivity index (χ0v) is 10.4. The van der Waals surface area contributed by atoms with Crippen molar-refractivity contribution in [1.29, 1.82) is 0 Å². The molecule has 4 nitrogen and oxygen atoms in total. The third kappa shape index (κ3) is 9.90. The van der Waals surface area contributed by atoms with E-state index in [1.165, 1.54) is 36.5 Å². The van der Waals surface area contributed by atoms with Crippen molar-refractivity contribution in [3.63, 3.8) is 0 Å². The summed E-state index contributed by atoms with van der Waals surface area (Å²) in [5.74, 6) is -0.337. The smallest absolute Gasteiger partial charge is 0.0948 e. The van der Waals surface area contributed by atoms with Crippen LogP contribution in [0, 0.1) is 0 Å². The number of rotatable bonds is 3. The summed E-state index contributed by atoms with van der Waals surface area (Å²) in [5, 5.41) is 0. The molecule has 0 unspecified atom stereocenters. The Morgan fingerprint density at radius 1 is 1.33 bits per heavy atom. The Morgan fingerprint density at radius 2 is 1.80 bits per heavy atom. The largest absolute Gasteiger partial charge is 0.748 e. The van der Waals surface area contributed by atoms with Crippen molar-refractivity contribution in [2.45, 2.75) is 19.3 Å². The highest BCUT2D eigenvalue weighted by Gasteiger charge is 2.19. The molecule has 5 heteroatoms. The summed E-state index contributed by atoms with van der Waals surface area (Å²) < 4.78 is 30.6. The van der Waals surface area contributed by atoms with Crippen molar-refractivity contribution in [3.05, 3.63) is 12.7 Å². The molecule has 1 fully saturated rings. The summed E-state index contributed by atoms with van der Waals surface area (Å²) in [6.45, 7) is 6.04. The molecule has 0 N–H and O–H groups in total. The van der Waals surface area contributed by atoms with Gasteiger partial charge >= 0.3 is 0 Å². The summed E-state index contributed by atoms with van der Waals surface area (Å²) in [6.07, 6.45) is 4.52. The second-order valence-corrected chi connectivity index (χ2v) is 5.95. The van der Waals surface area contributed by atoms with Crippen molar-refractivity contribution in [1.82, 2.24) is 0 Å². The Morgan fingerprint density at radius 3 is 1.93 bits per heavy atom. The van der Waals surface area contributed by atoms with Crippen molar-refractivity contribution < 1.29 is 17.5 Å². The van der Waals surface area contributed by atoms with Gasteiger partial charge in [0.1, 0.15) is 0 Å². The number of nitrogens with zero attached hydrogens (tertiary/aromatic N) is 1. The van der Waals surface area contributed by atoms with Gasteiger partial charge < -0.3 is 9.04 Å². The highest BCUT2D eigenvalue weighted by Crippen LogP contribution is 2.11.